The number of carbonyl (C=O) groups excluding carboxylic acids is 1. The molecule has 0 saturated heterocycles. The van der Waals surface area contributed by atoms with Crippen LogP contribution in [0.3, 0.4) is 0 Å². The third kappa shape index (κ3) is 3.51. The van der Waals surface area contributed by atoms with Crippen LogP contribution < -0.4 is 5.32 Å². The van der Waals surface area contributed by atoms with Gasteiger partial charge in [0.15, 0.2) is 0 Å². The van der Waals surface area contributed by atoms with E-state index in [0.717, 1.165) is 28.4 Å². The first-order valence-corrected chi connectivity index (χ1v) is 7.99. The molecule has 1 aliphatic rings. The lowest BCUT2D eigenvalue weighted by molar-refractivity contribution is 0.0934. The lowest BCUT2D eigenvalue weighted by Crippen LogP contribution is -2.37. The first-order chi connectivity index (χ1) is 9.06. The van der Waals surface area contributed by atoms with Crippen LogP contribution in [0.5, 0.6) is 0 Å². The van der Waals surface area contributed by atoms with E-state index in [1.54, 1.807) is 0 Å². The Balaban J connectivity index is 2.03. The second-order valence-corrected chi connectivity index (χ2v) is 6.67. The first kappa shape index (κ1) is 14.9. The quantitative estimate of drug-likeness (QED) is 0.811. The van der Waals surface area contributed by atoms with Crippen molar-refractivity contribution < 1.29 is 4.79 Å². The average molecular weight is 345 g/mol. The maximum absolute atomic E-state index is 12.3. The number of aryl methyl sites for hydroxylation is 1. The number of carbonyl (C=O) groups is 1. The third-order valence-corrected chi connectivity index (χ3v) is 5.08. The Kier molecular flexibility index (Phi) is 4.91. The van der Waals surface area contributed by atoms with Gasteiger partial charge in [-0.25, -0.2) is 0 Å². The Labute approximate surface area is 128 Å². The first-order valence-electron chi connectivity index (χ1n) is 6.67. The largest absolute Gasteiger partial charge is 0.351 e. The minimum absolute atomic E-state index is 0.00445. The molecule has 0 unspecified atom stereocenters. The predicted molar refractivity (Wildman–Crippen MR) is 82.8 cm³/mol. The summed E-state index contributed by atoms with van der Waals surface area (Å²) in [6.45, 7) is 2.63. The number of rotatable bonds is 4. The second kappa shape index (κ2) is 6.27. The molecule has 1 aromatic carbocycles. The van der Waals surface area contributed by atoms with E-state index in [2.05, 4.69) is 21.2 Å². The number of hydrogen-bond acceptors (Lipinski definition) is 1. The summed E-state index contributed by atoms with van der Waals surface area (Å²) in [5.74, 6) is 0.625. The van der Waals surface area contributed by atoms with Gasteiger partial charge in [0.1, 0.15) is 0 Å². The van der Waals surface area contributed by atoms with Crippen molar-refractivity contribution in [3.05, 3.63) is 33.8 Å². The van der Waals surface area contributed by atoms with Gasteiger partial charge >= 0.3 is 0 Å². The Morgan fingerprint density at radius 2 is 2.11 bits per heavy atom. The second-order valence-electron chi connectivity index (χ2n) is 5.48. The van der Waals surface area contributed by atoms with Gasteiger partial charge in [0.2, 0.25) is 0 Å². The highest BCUT2D eigenvalue weighted by Gasteiger charge is 2.33. The number of nitrogens with one attached hydrogen (secondary N) is 1. The molecule has 0 atom stereocenters. The molecule has 1 aliphatic carbocycles. The minimum atomic E-state index is -0.00445. The Hall–Kier alpha value is -0.540. The third-order valence-electron chi connectivity index (χ3n) is 4.02. The zero-order chi connectivity index (χ0) is 13.9. The van der Waals surface area contributed by atoms with Gasteiger partial charge in [-0.15, -0.1) is 11.6 Å². The summed E-state index contributed by atoms with van der Waals surface area (Å²) < 4.78 is 0.927. The van der Waals surface area contributed by atoms with E-state index in [0.29, 0.717) is 12.4 Å². The summed E-state index contributed by atoms with van der Waals surface area (Å²) in [6, 6.07) is 5.77. The molecular formula is C15H19BrClNO. The molecule has 4 heteroatoms. The van der Waals surface area contributed by atoms with E-state index in [4.69, 9.17) is 11.6 Å². The van der Waals surface area contributed by atoms with Crippen LogP contribution in [0.2, 0.25) is 0 Å². The molecule has 19 heavy (non-hydrogen) atoms. The Morgan fingerprint density at radius 3 is 2.74 bits per heavy atom. The predicted octanol–water partition coefficient (Wildman–Crippen LogP) is 4.29. The van der Waals surface area contributed by atoms with Crippen molar-refractivity contribution in [1.29, 1.82) is 0 Å². The standard InChI is InChI=1S/C15H19BrClNO/c1-11-4-5-12(16)8-13(11)14(19)18-10-15(9-17)6-2-3-7-15/h4-5,8H,2-3,6-7,9-10H2,1H3,(H,18,19). The zero-order valence-corrected chi connectivity index (χ0v) is 13.5. The maximum Gasteiger partial charge on any atom is 0.251 e. The van der Waals surface area contributed by atoms with Crippen molar-refractivity contribution in [2.24, 2.45) is 5.41 Å². The van der Waals surface area contributed by atoms with Gasteiger partial charge in [-0.2, -0.15) is 0 Å². The maximum atomic E-state index is 12.3. The zero-order valence-electron chi connectivity index (χ0n) is 11.1. The number of alkyl halides is 1. The van der Waals surface area contributed by atoms with Gasteiger partial charge in [-0.1, -0.05) is 34.8 Å². The summed E-state index contributed by atoms with van der Waals surface area (Å²) in [4.78, 5) is 12.3. The van der Waals surface area contributed by atoms with Crippen molar-refractivity contribution in [1.82, 2.24) is 5.32 Å². The van der Waals surface area contributed by atoms with Gasteiger partial charge < -0.3 is 5.32 Å². The van der Waals surface area contributed by atoms with E-state index < -0.39 is 0 Å². The summed E-state index contributed by atoms with van der Waals surface area (Å²) in [5, 5.41) is 3.06. The van der Waals surface area contributed by atoms with Gasteiger partial charge in [0, 0.05) is 27.9 Å². The molecular weight excluding hydrogens is 326 g/mol. The van der Waals surface area contributed by atoms with Crippen LogP contribution in [0, 0.1) is 12.3 Å². The lowest BCUT2D eigenvalue weighted by Gasteiger charge is -2.26. The molecule has 0 spiro atoms. The van der Waals surface area contributed by atoms with E-state index >= 15 is 0 Å². The molecule has 1 saturated carbocycles. The van der Waals surface area contributed by atoms with E-state index in [1.807, 2.05) is 25.1 Å². The molecule has 2 nitrogen and oxygen atoms in total. The number of hydrogen-bond donors (Lipinski definition) is 1. The Morgan fingerprint density at radius 1 is 1.42 bits per heavy atom. The van der Waals surface area contributed by atoms with Crippen LogP contribution in [-0.4, -0.2) is 18.3 Å². The molecule has 0 aromatic heterocycles. The van der Waals surface area contributed by atoms with Crippen molar-refractivity contribution in [3.8, 4) is 0 Å². The molecule has 1 fully saturated rings. The summed E-state index contributed by atoms with van der Waals surface area (Å²) >= 11 is 9.50. The van der Waals surface area contributed by atoms with Gasteiger partial charge in [0.05, 0.1) is 0 Å². The van der Waals surface area contributed by atoms with Gasteiger partial charge in [0.25, 0.3) is 5.91 Å². The summed E-state index contributed by atoms with van der Waals surface area (Å²) in [6.07, 6.45) is 4.68. The van der Waals surface area contributed by atoms with Gasteiger partial charge in [-0.05, 0) is 37.5 Å². The number of halogens is 2. The average Bonchev–Trinajstić information content (AvgIpc) is 2.88. The monoisotopic (exact) mass is 343 g/mol. The van der Waals surface area contributed by atoms with Crippen molar-refractivity contribution >= 4 is 33.4 Å². The molecule has 1 amide bonds. The van der Waals surface area contributed by atoms with Crippen molar-refractivity contribution in [2.45, 2.75) is 32.6 Å². The highest BCUT2D eigenvalue weighted by Crippen LogP contribution is 2.38. The van der Waals surface area contributed by atoms with Crippen molar-refractivity contribution in [2.75, 3.05) is 12.4 Å². The lowest BCUT2D eigenvalue weighted by atomic mass is 9.88. The van der Waals surface area contributed by atoms with Crippen LogP contribution in [0.25, 0.3) is 0 Å². The highest BCUT2D eigenvalue weighted by molar-refractivity contribution is 9.10. The van der Waals surface area contributed by atoms with Crippen LogP contribution >= 0.6 is 27.5 Å². The van der Waals surface area contributed by atoms with Crippen LogP contribution in [0.15, 0.2) is 22.7 Å². The fourth-order valence-electron chi connectivity index (χ4n) is 2.68. The summed E-state index contributed by atoms with van der Waals surface area (Å²) in [5.41, 5.74) is 1.83. The molecule has 0 bridgehead atoms. The molecule has 104 valence electrons. The molecule has 1 aromatic rings. The highest BCUT2D eigenvalue weighted by atomic mass is 79.9. The number of amides is 1. The molecule has 2 rings (SSSR count). The fraction of sp³-hybridized carbons (Fsp3) is 0.533. The Bertz CT molecular complexity index is 469. The van der Waals surface area contributed by atoms with E-state index in [-0.39, 0.29) is 11.3 Å². The topological polar surface area (TPSA) is 29.1 Å². The van der Waals surface area contributed by atoms with Crippen LogP contribution in [0.1, 0.15) is 41.6 Å². The van der Waals surface area contributed by atoms with E-state index in [1.165, 1.54) is 12.8 Å². The minimum Gasteiger partial charge on any atom is -0.351 e. The normalized spacial score (nSPS) is 17.4. The number of benzene rings is 1. The molecule has 0 aliphatic heterocycles. The van der Waals surface area contributed by atoms with E-state index in [9.17, 15) is 4.79 Å². The molecule has 0 heterocycles. The fourth-order valence-corrected chi connectivity index (χ4v) is 3.41. The van der Waals surface area contributed by atoms with Gasteiger partial charge in [-0.3, -0.25) is 4.79 Å². The van der Waals surface area contributed by atoms with Crippen LogP contribution in [-0.2, 0) is 0 Å². The van der Waals surface area contributed by atoms with Crippen LogP contribution in [0.4, 0.5) is 0 Å². The SMILES string of the molecule is Cc1ccc(Br)cc1C(=O)NCC1(CCl)CCCC1. The van der Waals surface area contributed by atoms with Crippen molar-refractivity contribution in [3.63, 3.8) is 0 Å². The molecule has 1 N–H and O–H groups in total. The summed E-state index contributed by atoms with van der Waals surface area (Å²) in [7, 11) is 0. The molecule has 0 radical (unpaired) electrons. The smallest absolute Gasteiger partial charge is 0.251 e.